The van der Waals surface area contributed by atoms with Gasteiger partial charge >= 0.3 is 0 Å². The van der Waals surface area contributed by atoms with E-state index in [4.69, 9.17) is 4.74 Å². The van der Waals surface area contributed by atoms with Crippen molar-refractivity contribution < 1.29 is 13.9 Å². The quantitative estimate of drug-likeness (QED) is 0.328. The number of rotatable bonds is 4. The normalized spacial score (nSPS) is 14.5. The third-order valence-electron chi connectivity index (χ3n) is 6.00. The fourth-order valence-electron chi connectivity index (χ4n) is 4.22. The van der Waals surface area contributed by atoms with Crippen LogP contribution in [0.4, 0.5) is 10.1 Å². The first-order valence-corrected chi connectivity index (χ1v) is 12.5. The van der Waals surface area contributed by atoms with E-state index in [1.165, 1.54) is 15.5 Å². The van der Waals surface area contributed by atoms with Crippen molar-refractivity contribution in [3.05, 3.63) is 103 Å². The molecule has 0 radical (unpaired) electrons. The van der Waals surface area contributed by atoms with E-state index in [0.717, 1.165) is 21.4 Å². The minimum atomic E-state index is -0.427. The minimum absolute atomic E-state index is 0.0419. The van der Waals surface area contributed by atoms with Gasteiger partial charge in [-0.2, -0.15) is 9.50 Å². The summed E-state index contributed by atoms with van der Waals surface area (Å²) >= 11 is 4.57. The number of ether oxygens (including phenoxy) is 1. The van der Waals surface area contributed by atoms with Gasteiger partial charge in [-0.1, -0.05) is 45.5 Å². The topological polar surface area (TPSA) is 76.8 Å². The van der Waals surface area contributed by atoms with Crippen LogP contribution in [0.1, 0.15) is 11.1 Å². The highest BCUT2D eigenvalue weighted by molar-refractivity contribution is 9.10. The molecule has 1 aliphatic rings. The molecule has 2 aromatic heterocycles. The molecule has 5 aromatic rings. The molecule has 10 heteroatoms. The van der Waals surface area contributed by atoms with Gasteiger partial charge in [0.25, 0.3) is 11.5 Å². The van der Waals surface area contributed by atoms with Crippen LogP contribution < -0.4 is 19.7 Å². The Labute approximate surface area is 216 Å². The zero-order chi connectivity index (χ0) is 25.0. The van der Waals surface area contributed by atoms with E-state index in [1.807, 2.05) is 18.2 Å². The fourth-order valence-corrected chi connectivity index (χ4v) is 5.58. The number of fused-ring (bicyclic) bond motifs is 2. The van der Waals surface area contributed by atoms with Crippen molar-refractivity contribution >= 4 is 49.4 Å². The van der Waals surface area contributed by atoms with Gasteiger partial charge in [0.05, 0.1) is 24.9 Å². The Morgan fingerprint density at radius 2 is 1.83 bits per heavy atom. The summed E-state index contributed by atoms with van der Waals surface area (Å²) < 4.78 is 21.8. The van der Waals surface area contributed by atoms with Crippen molar-refractivity contribution in [3.63, 3.8) is 0 Å². The smallest absolute Gasteiger partial charge is 0.291 e. The van der Waals surface area contributed by atoms with Gasteiger partial charge in [-0.3, -0.25) is 9.59 Å². The lowest BCUT2D eigenvalue weighted by atomic mass is 10.1. The number of nitrogens with zero attached hydrogens (tertiary/aromatic N) is 4. The first-order chi connectivity index (χ1) is 17.4. The number of benzene rings is 3. The second-order valence-electron chi connectivity index (χ2n) is 8.11. The van der Waals surface area contributed by atoms with Gasteiger partial charge in [0.15, 0.2) is 5.82 Å². The molecule has 6 rings (SSSR count). The SMILES string of the molecule is COc1ccc(-c2nc3sc(=C4C(=O)N(Cc5ccccc5F)c5ccc(Br)cc54)c(=O)n3n2)cc1. The number of halogens is 2. The van der Waals surface area contributed by atoms with Crippen LogP contribution in [-0.4, -0.2) is 27.6 Å². The Hall–Kier alpha value is -3.89. The molecule has 3 aromatic carbocycles. The van der Waals surface area contributed by atoms with Crippen LogP contribution in [0.3, 0.4) is 0 Å². The Bertz CT molecular complexity index is 1780. The highest BCUT2D eigenvalue weighted by Gasteiger charge is 2.35. The molecule has 0 unspecified atom stereocenters. The number of aromatic nitrogens is 3. The van der Waals surface area contributed by atoms with E-state index >= 15 is 0 Å². The Kier molecular flexibility index (Phi) is 5.42. The van der Waals surface area contributed by atoms with E-state index in [1.54, 1.807) is 49.6 Å². The largest absolute Gasteiger partial charge is 0.497 e. The minimum Gasteiger partial charge on any atom is -0.497 e. The van der Waals surface area contributed by atoms with Crippen LogP contribution in [-0.2, 0) is 11.3 Å². The molecule has 36 heavy (non-hydrogen) atoms. The average Bonchev–Trinajstić information content (AvgIpc) is 3.51. The molecule has 0 atom stereocenters. The summed E-state index contributed by atoms with van der Waals surface area (Å²) in [6.07, 6.45) is 0. The first-order valence-electron chi connectivity index (χ1n) is 10.9. The maximum absolute atomic E-state index is 14.4. The standard InChI is InChI=1S/C26H16BrFN4O3S/c1-35-17-9-6-14(7-10-17)23-29-26-32(30-23)25(34)22(36-26)21-18-12-16(27)8-11-20(18)31(24(21)33)13-15-4-2-3-5-19(15)28/h2-12H,13H2,1H3. The summed E-state index contributed by atoms with van der Waals surface area (Å²) in [6.45, 7) is 0.0419. The summed E-state index contributed by atoms with van der Waals surface area (Å²) in [5.41, 5.74) is 2.17. The number of thiazole rings is 1. The van der Waals surface area contributed by atoms with Gasteiger partial charge in [0.2, 0.25) is 4.96 Å². The summed E-state index contributed by atoms with van der Waals surface area (Å²) in [7, 11) is 1.58. The van der Waals surface area contributed by atoms with Crippen LogP contribution in [0, 0.1) is 5.82 Å². The molecule has 7 nitrogen and oxygen atoms in total. The van der Waals surface area contributed by atoms with E-state index in [0.29, 0.717) is 33.3 Å². The van der Waals surface area contributed by atoms with Crippen molar-refractivity contribution in [1.29, 1.82) is 0 Å². The summed E-state index contributed by atoms with van der Waals surface area (Å²) in [5, 5.41) is 4.39. The number of hydrogen-bond acceptors (Lipinski definition) is 6. The van der Waals surface area contributed by atoms with Gasteiger partial charge in [-0.05, 0) is 48.5 Å². The molecule has 0 spiro atoms. The number of amides is 1. The van der Waals surface area contributed by atoms with Gasteiger partial charge in [-0.15, -0.1) is 5.10 Å². The average molecular weight is 563 g/mol. The molecule has 1 aliphatic heterocycles. The number of carbonyl (C=O) groups excluding carboxylic acids is 1. The maximum Gasteiger partial charge on any atom is 0.291 e. The van der Waals surface area contributed by atoms with Gasteiger partial charge < -0.3 is 9.64 Å². The van der Waals surface area contributed by atoms with Crippen molar-refractivity contribution in [2.45, 2.75) is 6.54 Å². The Morgan fingerprint density at radius 3 is 2.56 bits per heavy atom. The van der Waals surface area contributed by atoms with Crippen molar-refractivity contribution in [3.8, 4) is 17.1 Å². The molecule has 3 heterocycles. The van der Waals surface area contributed by atoms with Crippen molar-refractivity contribution in [2.75, 3.05) is 12.0 Å². The molecule has 0 fully saturated rings. The van der Waals surface area contributed by atoms with E-state index < -0.39 is 11.4 Å². The second-order valence-corrected chi connectivity index (χ2v) is 10.0. The zero-order valence-corrected chi connectivity index (χ0v) is 21.1. The van der Waals surface area contributed by atoms with Crippen molar-refractivity contribution in [1.82, 2.24) is 14.6 Å². The molecular weight excluding hydrogens is 547 g/mol. The van der Waals surface area contributed by atoms with Crippen LogP contribution >= 0.6 is 27.3 Å². The van der Waals surface area contributed by atoms with Crippen molar-refractivity contribution in [2.24, 2.45) is 0 Å². The van der Waals surface area contributed by atoms with E-state index in [2.05, 4.69) is 26.0 Å². The summed E-state index contributed by atoms with van der Waals surface area (Å²) in [6, 6.07) is 18.9. The predicted octanol–water partition coefficient (Wildman–Crippen LogP) is 4.19. The lowest BCUT2D eigenvalue weighted by molar-refractivity contribution is -0.113. The van der Waals surface area contributed by atoms with E-state index in [9.17, 15) is 14.0 Å². The summed E-state index contributed by atoms with van der Waals surface area (Å²) in [5.74, 6) is 0.335. The zero-order valence-electron chi connectivity index (χ0n) is 18.7. The Balaban J connectivity index is 1.49. The highest BCUT2D eigenvalue weighted by atomic mass is 79.9. The number of methoxy groups -OCH3 is 1. The molecule has 0 saturated heterocycles. The molecular formula is C26H16BrFN4O3S. The van der Waals surface area contributed by atoms with E-state index in [-0.39, 0.29) is 22.6 Å². The number of hydrogen-bond donors (Lipinski definition) is 0. The van der Waals surface area contributed by atoms with Crippen LogP contribution in [0.15, 0.2) is 76.0 Å². The summed E-state index contributed by atoms with van der Waals surface area (Å²) in [4.78, 5) is 33.4. The highest BCUT2D eigenvalue weighted by Crippen LogP contribution is 2.38. The molecule has 0 bridgehead atoms. The van der Waals surface area contributed by atoms with Crippen LogP contribution in [0.5, 0.6) is 5.75 Å². The maximum atomic E-state index is 14.4. The van der Waals surface area contributed by atoms with Gasteiger partial charge in [-0.25, -0.2) is 4.39 Å². The molecule has 0 N–H and O–H groups in total. The Morgan fingerprint density at radius 1 is 1.06 bits per heavy atom. The molecule has 1 amide bonds. The lowest BCUT2D eigenvalue weighted by Crippen LogP contribution is -2.32. The van der Waals surface area contributed by atoms with Crippen LogP contribution in [0.2, 0.25) is 0 Å². The monoisotopic (exact) mass is 562 g/mol. The molecule has 0 aliphatic carbocycles. The third-order valence-corrected chi connectivity index (χ3v) is 7.52. The fraction of sp³-hybridized carbons (Fsp3) is 0.0769. The lowest BCUT2D eigenvalue weighted by Gasteiger charge is -2.17. The number of anilines is 1. The second kappa shape index (κ2) is 8.65. The first kappa shape index (κ1) is 22.6. The molecule has 0 saturated carbocycles. The number of carbonyl (C=O) groups is 1. The van der Waals surface area contributed by atoms with Gasteiger partial charge in [0.1, 0.15) is 16.1 Å². The van der Waals surface area contributed by atoms with Crippen LogP contribution in [0.25, 0.3) is 21.9 Å². The predicted molar refractivity (Wildman–Crippen MR) is 139 cm³/mol. The van der Waals surface area contributed by atoms with Gasteiger partial charge in [0, 0.05) is 21.2 Å². The third kappa shape index (κ3) is 3.61. The molecule has 178 valence electrons.